The summed E-state index contributed by atoms with van der Waals surface area (Å²) < 4.78 is 0. The van der Waals surface area contributed by atoms with Crippen LogP contribution < -0.4 is 0 Å². The summed E-state index contributed by atoms with van der Waals surface area (Å²) in [6.07, 6.45) is 13.1. The Kier molecular flexibility index (Phi) is 5.05. The molecule has 0 bridgehead atoms. The molecule has 0 spiro atoms. The molecule has 6 rings (SSSR count). The van der Waals surface area contributed by atoms with Gasteiger partial charge in [0.05, 0.1) is 5.70 Å². The molecule has 4 heterocycles. The van der Waals surface area contributed by atoms with Gasteiger partial charge in [-0.2, -0.15) is 0 Å². The monoisotopic (exact) mass is 445 g/mol. The summed E-state index contributed by atoms with van der Waals surface area (Å²) >= 11 is 2.10. The Labute approximate surface area is 197 Å². The normalized spacial score (nSPS) is 28.1. The Balaban J connectivity index is 1.49. The van der Waals surface area contributed by atoms with Gasteiger partial charge in [0.2, 0.25) is 0 Å². The van der Waals surface area contributed by atoms with E-state index in [1.165, 1.54) is 29.9 Å². The molecule has 0 saturated carbocycles. The van der Waals surface area contributed by atoms with Crippen LogP contribution in [0.15, 0.2) is 56.8 Å². The van der Waals surface area contributed by atoms with E-state index in [-0.39, 0.29) is 0 Å². The van der Waals surface area contributed by atoms with Crippen LogP contribution in [0.4, 0.5) is 0 Å². The van der Waals surface area contributed by atoms with Crippen molar-refractivity contribution in [2.24, 2.45) is 10.9 Å². The van der Waals surface area contributed by atoms with Gasteiger partial charge in [0, 0.05) is 58.7 Å². The molecule has 3 unspecified atom stereocenters. The van der Waals surface area contributed by atoms with Crippen molar-refractivity contribution >= 4 is 18.0 Å². The van der Waals surface area contributed by atoms with Crippen molar-refractivity contribution in [1.82, 2.24) is 9.80 Å². The molecule has 0 aromatic heterocycles. The first kappa shape index (κ1) is 20.7. The largest absolute Gasteiger partial charge is 0.344 e. The minimum absolute atomic E-state index is 0.309. The summed E-state index contributed by atoms with van der Waals surface area (Å²) in [6.45, 7) is 11.3. The number of dihydropyridines is 1. The lowest BCUT2D eigenvalue weighted by atomic mass is 9.86. The molecule has 0 radical (unpaired) electrons. The summed E-state index contributed by atoms with van der Waals surface area (Å²) in [7, 11) is 0. The number of thioether (sulfide) groups is 1. The predicted molar refractivity (Wildman–Crippen MR) is 135 cm³/mol. The fourth-order valence-corrected chi connectivity index (χ4v) is 8.21. The zero-order valence-electron chi connectivity index (χ0n) is 19.9. The van der Waals surface area contributed by atoms with Crippen LogP contribution in [0.5, 0.6) is 0 Å². The third kappa shape index (κ3) is 2.91. The summed E-state index contributed by atoms with van der Waals surface area (Å²) in [5.74, 6) is 1.27. The topological polar surface area (TPSA) is 18.8 Å². The smallest absolute Gasteiger partial charge is 0.133 e. The number of fused-ring (bicyclic) bond motifs is 7. The second kappa shape index (κ2) is 7.83. The van der Waals surface area contributed by atoms with E-state index < -0.39 is 0 Å². The van der Waals surface area contributed by atoms with E-state index in [0.717, 1.165) is 32.4 Å². The van der Waals surface area contributed by atoms with E-state index >= 15 is 0 Å². The van der Waals surface area contributed by atoms with E-state index in [1.54, 1.807) is 27.2 Å². The number of rotatable bonds is 4. The SMILES string of the molecule is CC/C(=C(\CC)N1C2=C(CCN=C2)N2Cc3cc4c(cc3C21)C1CCC=CC1S4)C(C)C. The van der Waals surface area contributed by atoms with Crippen LogP contribution in [-0.2, 0) is 6.54 Å². The van der Waals surface area contributed by atoms with Crippen molar-refractivity contribution in [1.29, 1.82) is 0 Å². The lowest BCUT2D eigenvalue weighted by molar-refractivity contribution is 0.182. The van der Waals surface area contributed by atoms with Crippen molar-refractivity contribution in [3.8, 4) is 0 Å². The number of allylic oxidation sites excluding steroid dienone is 4. The Morgan fingerprint density at radius 3 is 2.84 bits per heavy atom. The van der Waals surface area contributed by atoms with E-state index in [2.05, 4.69) is 79.8 Å². The second-order valence-corrected chi connectivity index (χ2v) is 11.3. The van der Waals surface area contributed by atoms with Gasteiger partial charge >= 0.3 is 0 Å². The molecule has 0 N–H and O–H groups in total. The molecule has 0 saturated heterocycles. The Morgan fingerprint density at radius 2 is 2.06 bits per heavy atom. The molecule has 5 aliphatic rings. The van der Waals surface area contributed by atoms with Gasteiger partial charge in [0.1, 0.15) is 6.17 Å². The fraction of sp³-hybridized carbons (Fsp3) is 0.536. The van der Waals surface area contributed by atoms with Gasteiger partial charge in [0.15, 0.2) is 0 Å². The molecule has 0 fully saturated rings. The molecular weight excluding hydrogens is 410 g/mol. The van der Waals surface area contributed by atoms with Gasteiger partial charge in [-0.25, -0.2) is 0 Å². The summed E-state index contributed by atoms with van der Waals surface area (Å²) in [6, 6.07) is 5.16. The Bertz CT molecular complexity index is 1080. The van der Waals surface area contributed by atoms with Crippen LogP contribution >= 0.6 is 11.8 Å². The van der Waals surface area contributed by atoms with Crippen molar-refractivity contribution in [2.75, 3.05) is 6.54 Å². The highest BCUT2D eigenvalue weighted by Crippen LogP contribution is 2.56. The number of nitrogens with zero attached hydrogens (tertiary/aromatic N) is 3. The lowest BCUT2D eigenvalue weighted by Gasteiger charge is -2.34. The van der Waals surface area contributed by atoms with Crippen LogP contribution in [0.25, 0.3) is 0 Å². The summed E-state index contributed by atoms with van der Waals surface area (Å²) in [5, 5.41) is 0.647. The fourth-order valence-electron chi connectivity index (χ4n) is 6.73. The van der Waals surface area contributed by atoms with Crippen LogP contribution in [-0.4, -0.2) is 27.8 Å². The molecule has 1 aliphatic carbocycles. The van der Waals surface area contributed by atoms with E-state index in [4.69, 9.17) is 4.99 Å². The van der Waals surface area contributed by atoms with Crippen molar-refractivity contribution in [2.45, 2.75) is 88.6 Å². The van der Waals surface area contributed by atoms with Crippen LogP contribution in [0.1, 0.15) is 88.6 Å². The minimum Gasteiger partial charge on any atom is -0.344 e. The van der Waals surface area contributed by atoms with Gasteiger partial charge in [0.25, 0.3) is 0 Å². The third-order valence-electron chi connectivity index (χ3n) is 8.13. The molecule has 1 aromatic rings. The molecule has 0 amide bonds. The van der Waals surface area contributed by atoms with Gasteiger partial charge in [-0.05, 0) is 54.4 Å². The molecule has 4 heteroatoms. The highest BCUT2D eigenvalue weighted by atomic mass is 32.2. The maximum absolute atomic E-state index is 4.73. The van der Waals surface area contributed by atoms with Crippen molar-refractivity contribution in [3.05, 3.63) is 63.6 Å². The third-order valence-corrected chi connectivity index (χ3v) is 9.49. The molecule has 32 heavy (non-hydrogen) atoms. The van der Waals surface area contributed by atoms with Crippen LogP contribution in [0.2, 0.25) is 0 Å². The minimum atomic E-state index is 0.309. The average Bonchev–Trinajstić information content (AvgIpc) is 3.44. The first-order chi connectivity index (χ1) is 15.6. The molecular formula is C28H35N3S. The summed E-state index contributed by atoms with van der Waals surface area (Å²) in [4.78, 5) is 11.7. The van der Waals surface area contributed by atoms with Gasteiger partial charge in [-0.3, -0.25) is 4.99 Å². The van der Waals surface area contributed by atoms with Crippen LogP contribution in [0.3, 0.4) is 0 Å². The van der Waals surface area contributed by atoms with Crippen LogP contribution in [0, 0.1) is 5.92 Å². The number of benzene rings is 1. The highest BCUT2D eigenvalue weighted by Gasteiger charge is 2.47. The average molecular weight is 446 g/mol. The number of aliphatic imine (C=N–C) groups is 1. The van der Waals surface area contributed by atoms with Gasteiger partial charge < -0.3 is 9.80 Å². The zero-order valence-corrected chi connectivity index (χ0v) is 20.7. The van der Waals surface area contributed by atoms with Gasteiger partial charge in [-0.1, -0.05) is 45.9 Å². The standard InChI is InChI=1S/C28H35N3S/c1-5-19(17(3)4)23(6-2)31-25-15-29-12-11-24(25)30-16-18-13-27-22(14-21(18)28(30)31)20-9-7-8-10-26(20)32-27/h8,10,13-15,17,20,26,28H,5-7,9,11-12,16H2,1-4H3/b23-19-. The number of hydrogen-bond donors (Lipinski definition) is 0. The van der Waals surface area contributed by atoms with Crippen molar-refractivity contribution in [3.63, 3.8) is 0 Å². The Morgan fingerprint density at radius 1 is 1.19 bits per heavy atom. The highest BCUT2D eigenvalue weighted by molar-refractivity contribution is 8.00. The molecule has 168 valence electrons. The predicted octanol–water partition coefficient (Wildman–Crippen LogP) is 7.14. The first-order valence-electron chi connectivity index (χ1n) is 12.6. The maximum Gasteiger partial charge on any atom is 0.133 e. The van der Waals surface area contributed by atoms with Gasteiger partial charge in [-0.15, -0.1) is 11.8 Å². The first-order valence-corrected chi connectivity index (χ1v) is 13.5. The number of hydrogen-bond acceptors (Lipinski definition) is 4. The molecule has 4 aliphatic heterocycles. The second-order valence-electron chi connectivity index (χ2n) is 10.1. The van der Waals surface area contributed by atoms with E-state index in [1.807, 2.05) is 0 Å². The summed E-state index contributed by atoms with van der Waals surface area (Å²) in [5.41, 5.74) is 10.7. The van der Waals surface area contributed by atoms with E-state index in [9.17, 15) is 0 Å². The Hall–Kier alpha value is -1.94. The molecule has 1 aromatic carbocycles. The maximum atomic E-state index is 4.73. The zero-order chi connectivity index (χ0) is 22.0. The lowest BCUT2D eigenvalue weighted by Crippen LogP contribution is -2.29. The quantitative estimate of drug-likeness (QED) is 0.459. The van der Waals surface area contributed by atoms with E-state index in [0.29, 0.717) is 23.3 Å². The molecule has 3 nitrogen and oxygen atoms in total. The molecule has 3 atom stereocenters. The van der Waals surface area contributed by atoms with Crippen molar-refractivity contribution < 1.29 is 0 Å².